The summed E-state index contributed by atoms with van der Waals surface area (Å²) in [4.78, 5) is 21.6. The fraction of sp³-hybridized carbons (Fsp3) is 0.556. The fourth-order valence-electron chi connectivity index (χ4n) is 0.759. The van der Waals surface area contributed by atoms with Crippen LogP contribution in [0.25, 0.3) is 0 Å². The first-order chi connectivity index (χ1) is 6.74. The Morgan fingerprint density at radius 3 is 2.71 bits per heavy atom. The highest BCUT2D eigenvalue weighted by molar-refractivity contribution is 5.82. The number of hydrogen-bond acceptors (Lipinski definition) is 4. The number of alkyl halides is 1. The third-order valence-electron chi connectivity index (χ3n) is 1.62. The highest BCUT2D eigenvalue weighted by Gasteiger charge is 2.30. The van der Waals surface area contributed by atoms with E-state index in [1.807, 2.05) is 0 Å². The van der Waals surface area contributed by atoms with Gasteiger partial charge in [-0.25, -0.2) is 9.18 Å². The van der Waals surface area contributed by atoms with Gasteiger partial charge in [0, 0.05) is 0 Å². The van der Waals surface area contributed by atoms with E-state index in [-0.39, 0.29) is 18.5 Å². The highest BCUT2D eigenvalue weighted by Crippen LogP contribution is 2.29. The molecule has 14 heavy (non-hydrogen) atoms. The van der Waals surface area contributed by atoms with E-state index in [1.165, 1.54) is 0 Å². The van der Waals surface area contributed by atoms with Crippen LogP contribution >= 0.6 is 0 Å². The van der Waals surface area contributed by atoms with E-state index in [4.69, 9.17) is 0 Å². The molecule has 4 nitrogen and oxygen atoms in total. The van der Waals surface area contributed by atoms with Gasteiger partial charge in [-0.3, -0.25) is 4.79 Å². The van der Waals surface area contributed by atoms with Crippen LogP contribution in [0.5, 0.6) is 0 Å². The molecular formula is C9H11FO4. The van der Waals surface area contributed by atoms with Crippen LogP contribution in [0.3, 0.4) is 0 Å². The van der Waals surface area contributed by atoms with Crippen molar-refractivity contribution in [3.8, 4) is 0 Å². The Labute approximate surface area is 80.7 Å². The first-order valence-corrected chi connectivity index (χ1v) is 4.34. The molecule has 0 N–H and O–H groups in total. The Bertz CT molecular complexity index is 245. The van der Waals surface area contributed by atoms with Crippen LogP contribution in [0.2, 0.25) is 0 Å². The monoisotopic (exact) mass is 202 g/mol. The lowest BCUT2D eigenvalue weighted by molar-refractivity contribution is -0.140. The van der Waals surface area contributed by atoms with Gasteiger partial charge in [-0.1, -0.05) is 0 Å². The molecule has 0 atom stereocenters. The summed E-state index contributed by atoms with van der Waals surface area (Å²) in [6, 6.07) is 0. The topological polar surface area (TPSA) is 52.6 Å². The van der Waals surface area contributed by atoms with Crippen molar-refractivity contribution in [1.82, 2.24) is 0 Å². The summed E-state index contributed by atoms with van der Waals surface area (Å²) in [5, 5.41) is 0. The van der Waals surface area contributed by atoms with E-state index in [0.717, 1.165) is 25.2 Å². The minimum absolute atomic E-state index is 0.0125. The minimum atomic E-state index is -0.721. The number of ether oxygens (including phenoxy) is 2. The van der Waals surface area contributed by atoms with Crippen LogP contribution in [-0.2, 0) is 19.1 Å². The van der Waals surface area contributed by atoms with Gasteiger partial charge < -0.3 is 9.47 Å². The smallest absolute Gasteiger partial charge is 0.333 e. The molecule has 0 saturated heterocycles. The van der Waals surface area contributed by atoms with Crippen LogP contribution < -0.4 is 0 Å². The van der Waals surface area contributed by atoms with Crippen molar-refractivity contribution in [2.45, 2.75) is 12.8 Å². The number of halogens is 1. The Hall–Kier alpha value is -1.39. The third-order valence-corrected chi connectivity index (χ3v) is 1.62. The van der Waals surface area contributed by atoms with Gasteiger partial charge in [0.05, 0.1) is 12.0 Å². The lowest BCUT2D eigenvalue weighted by Crippen LogP contribution is -2.05. The maximum absolute atomic E-state index is 11.5. The molecular weight excluding hydrogens is 191 g/mol. The molecule has 1 saturated carbocycles. The Balaban J connectivity index is 2.12. The van der Waals surface area contributed by atoms with Crippen molar-refractivity contribution in [1.29, 1.82) is 0 Å². The molecule has 0 aromatic carbocycles. The molecule has 0 radical (unpaired) electrons. The molecule has 0 spiro atoms. The van der Waals surface area contributed by atoms with Crippen molar-refractivity contribution < 1.29 is 23.5 Å². The number of rotatable bonds is 5. The maximum atomic E-state index is 11.5. The molecule has 1 aliphatic rings. The number of hydrogen-bond donors (Lipinski definition) is 0. The summed E-state index contributed by atoms with van der Waals surface area (Å²) in [7, 11) is 0. The number of carbonyl (C=O) groups excluding carboxylic acids is 2. The quantitative estimate of drug-likeness (QED) is 0.378. The molecule has 1 fully saturated rings. The van der Waals surface area contributed by atoms with Gasteiger partial charge in [0.2, 0.25) is 0 Å². The predicted octanol–water partition coefficient (Wildman–Crippen LogP) is 0.966. The summed E-state index contributed by atoms with van der Waals surface area (Å²) in [5.74, 6) is -1.06. The molecule has 0 bridgehead atoms. The van der Waals surface area contributed by atoms with Crippen molar-refractivity contribution in [3.63, 3.8) is 0 Å². The van der Waals surface area contributed by atoms with Gasteiger partial charge in [-0.2, -0.15) is 0 Å². The second kappa shape index (κ2) is 5.36. The zero-order valence-corrected chi connectivity index (χ0v) is 7.57. The van der Waals surface area contributed by atoms with E-state index < -0.39 is 12.6 Å². The lowest BCUT2D eigenvalue weighted by atomic mass is 10.4. The van der Waals surface area contributed by atoms with Gasteiger partial charge in [0.1, 0.15) is 19.5 Å². The summed E-state index contributed by atoms with van der Waals surface area (Å²) >= 11 is 0. The van der Waals surface area contributed by atoms with Gasteiger partial charge in [-0.05, 0) is 12.8 Å². The minimum Gasteiger partial charge on any atom is -0.460 e. The first-order valence-electron chi connectivity index (χ1n) is 4.34. The van der Waals surface area contributed by atoms with E-state index in [2.05, 4.69) is 9.47 Å². The van der Waals surface area contributed by atoms with Crippen LogP contribution in [0.15, 0.2) is 12.3 Å². The molecule has 5 heteroatoms. The molecule has 0 unspecified atom stereocenters. The number of esters is 2. The largest absolute Gasteiger partial charge is 0.460 e. The van der Waals surface area contributed by atoms with Crippen molar-refractivity contribution >= 4 is 11.9 Å². The number of carbonyl (C=O) groups is 2. The first kappa shape index (κ1) is 10.7. The van der Waals surface area contributed by atoms with Gasteiger partial charge in [-0.15, -0.1) is 0 Å². The molecule has 0 aromatic rings. The Kier molecular flexibility index (Phi) is 4.10. The van der Waals surface area contributed by atoms with Crippen LogP contribution in [0.4, 0.5) is 4.39 Å². The second-order valence-corrected chi connectivity index (χ2v) is 2.87. The van der Waals surface area contributed by atoms with Gasteiger partial charge >= 0.3 is 11.9 Å². The van der Waals surface area contributed by atoms with Crippen LogP contribution in [0, 0.1) is 5.92 Å². The van der Waals surface area contributed by atoms with E-state index in [9.17, 15) is 14.0 Å². The zero-order valence-electron chi connectivity index (χ0n) is 7.57. The fourth-order valence-corrected chi connectivity index (χ4v) is 0.759. The van der Waals surface area contributed by atoms with E-state index in [0.29, 0.717) is 0 Å². The molecule has 78 valence electrons. The lowest BCUT2D eigenvalue weighted by Gasteiger charge is -1.97. The molecule has 0 heterocycles. The summed E-state index contributed by atoms with van der Waals surface area (Å²) in [5.41, 5.74) is 0. The molecule has 1 aliphatic carbocycles. The predicted molar refractivity (Wildman–Crippen MR) is 44.9 cm³/mol. The molecule has 0 aliphatic heterocycles. The normalized spacial score (nSPS) is 15.5. The standard InChI is InChI=1S/C9H11FO4/c10-4-6-13-8(11)3-5-14-9(12)7-1-2-7/h3,5,7H,1-2,4,6H2. The van der Waals surface area contributed by atoms with Crippen molar-refractivity contribution in [3.05, 3.63) is 12.3 Å². The third kappa shape index (κ3) is 4.02. The SMILES string of the molecule is O=C(C=COC(=O)C1CC1)OCCF. The summed E-state index contributed by atoms with van der Waals surface area (Å²) in [6.07, 6.45) is 3.62. The summed E-state index contributed by atoms with van der Waals surface area (Å²) < 4.78 is 20.5. The second-order valence-electron chi connectivity index (χ2n) is 2.87. The van der Waals surface area contributed by atoms with E-state index in [1.54, 1.807) is 0 Å². The molecule has 0 aromatic heterocycles. The van der Waals surface area contributed by atoms with Gasteiger partial charge in [0.25, 0.3) is 0 Å². The Morgan fingerprint density at radius 1 is 1.43 bits per heavy atom. The zero-order chi connectivity index (χ0) is 10.4. The maximum Gasteiger partial charge on any atom is 0.333 e. The van der Waals surface area contributed by atoms with Crippen molar-refractivity contribution in [2.24, 2.45) is 5.92 Å². The highest BCUT2D eigenvalue weighted by atomic mass is 19.1. The molecule has 0 amide bonds. The Morgan fingerprint density at radius 2 is 2.14 bits per heavy atom. The average molecular weight is 202 g/mol. The van der Waals surface area contributed by atoms with E-state index >= 15 is 0 Å². The van der Waals surface area contributed by atoms with Crippen LogP contribution in [0.1, 0.15) is 12.8 Å². The van der Waals surface area contributed by atoms with Gasteiger partial charge in [0.15, 0.2) is 0 Å². The average Bonchev–Trinajstić information content (AvgIpc) is 2.97. The molecule has 1 rings (SSSR count). The summed E-state index contributed by atoms with van der Waals surface area (Å²) in [6.45, 7) is -0.999. The van der Waals surface area contributed by atoms with Crippen molar-refractivity contribution in [2.75, 3.05) is 13.3 Å². The van der Waals surface area contributed by atoms with Crippen LogP contribution in [-0.4, -0.2) is 25.2 Å².